The second-order valence-electron chi connectivity index (χ2n) is 6.77. The Morgan fingerprint density at radius 2 is 2.07 bits per heavy atom. The molecule has 1 aliphatic heterocycles. The van der Waals surface area contributed by atoms with Crippen molar-refractivity contribution in [1.82, 2.24) is 15.6 Å². The van der Waals surface area contributed by atoms with Crippen LogP contribution in [0.15, 0.2) is 18.2 Å². The first-order chi connectivity index (χ1) is 13.5. The van der Waals surface area contributed by atoms with Crippen molar-refractivity contribution in [3.63, 3.8) is 0 Å². The molecule has 1 aromatic heterocycles. The Morgan fingerprint density at radius 3 is 2.63 bits per heavy atom. The number of aromatic nitrogens is 1. The Kier molecular flexibility index (Phi) is 7.19. The van der Waals surface area contributed by atoms with Crippen molar-refractivity contribution in [2.75, 3.05) is 13.1 Å². The third-order valence-electron chi connectivity index (χ3n) is 4.56. The van der Waals surface area contributed by atoms with E-state index in [1.165, 1.54) is 13.0 Å². The van der Waals surface area contributed by atoms with Gasteiger partial charge in [0.25, 0.3) is 5.91 Å². The van der Waals surface area contributed by atoms with E-state index in [1.807, 2.05) is 0 Å². The maximum absolute atomic E-state index is 13.5. The lowest BCUT2D eigenvalue weighted by molar-refractivity contribution is -0.136. The molecule has 1 unspecified atom stereocenters. The van der Waals surface area contributed by atoms with Gasteiger partial charge in [-0.3, -0.25) is 4.79 Å². The Morgan fingerprint density at radius 1 is 1.37 bits per heavy atom. The molecule has 0 aliphatic carbocycles. The molecular weight excluding hydrogens is 413 g/mol. The molecule has 11 heteroatoms. The van der Waals surface area contributed by atoms with Gasteiger partial charge >= 0.3 is 12.8 Å². The van der Waals surface area contributed by atoms with Crippen molar-refractivity contribution in [2.24, 2.45) is 0 Å². The lowest BCUT2D eigenvalue weighted by Crippen LogP contribution is -2.37. The number of benzene rings is 1. The topological polar surface area (TPSA) is 83.5 Å². The van der Waals surface area contributed by atoms with E-state index in [-0.39, 0.29) is 36.7 Å². The summed E-state index contributed by atoms with van der Waals surface area (Å²) in [6.07, 6.45) is -4.97. The van der Waals surface area contributed by atoms with Crippen LogP contribution in [0.25, 0.3) is 10.9 Å². The number of β-amino-alcohol motifs (C(OH)–C–C–N with tert-alkyl or cyclic N) is 1. The van der Waals surface area contributed by atoms with Crippen LogP contribution in [-0.2, 0) is 6.18 Å². The fraction of sp³-hybridized carbons (Fsp3) is 0.474. The third-order valence-corrected chi connectivity index (χ3v) is 4.56. The molecular formula is C19H22F5N3O3. The minimum absolute atomic E-state index is 0. The van der Waals surface area contributed by atoms with Gasteiger partial charge in [0.2, 0.25) is 0 Å². The van der Waals surface area contributed by atoms with Crippen LogP contribution in [0.1, 0.15) is 35.5 Å². The molecule has 6 nitrogen and oxygen atoms in total. The molecule has 30 heavy (non-hydrogen) atoms. The third kappa shape index (κ3) is 5.33. The molecule has 3 rings (SSSR count). The van der Waals surface area contributed by atoms with E-state index >= 15 is 0 Å². The predicted octanol–water partition coefficient (Wildman–Crippen LogP) is 3.25. The summed E-state index contributed by atoms with van der Waals surface area (Å²) in [6, 6.07) is 2.59. The van der Waals surface area contributed by atoms with Crippen LogP contribution in [0.3, 0.4) is 0 Å². The largest absolute Gasteiger partial charge is 0.435 e. The van der Waals surface area contributed by atoms with Gasteiger partial charge in [0, 0.05) is 24.5 Å². The number of carbonyl (C=O) groups is 1. The molecule has 2 atom stereocenters. The summed E-state index contributed by atoms with van der Waals surface area (Å²) in [5.41, 5.74) is -1.79. The van der Waals surface area contributed by atoms with E-state index in [0.717, 1.165) is 6.07 Å². The van der Waals surface area contributed by atoms with Gasteiger partial charge in [-0.25, -0.2) is 4.98 Å². The second-order valence-corrected chi connectivity index (χ2v) is 6.77. The van der Waals surface area contributed by atoms with Crippen molar-refractivity contribution in [3.8, 4) is 5.75 Å². The number of carbonyl (C=O) groups excluding carboxylic acids is 1. The van der Waals surface area contributed by atoms with E-state index in [0.29, 0.717) is 19.0 Å². The number of hydrogen-bond donors (Lipinski definition) is 3. The zero-order chi connectivity index (χ0) is 21.3. The van der Waals surface area contributed by atoms with Gasteiger partial charge in [-0.2, -0.15) is 22.0 Å². The van der Waals surface area contributed by atoms with Crippen molar-refractivity contribution in [3.05, 3.63) is 35.0 Å². The maximum Gasteiger partial charge on any atom is 0.418 e. The van der Waals surface area contributed by atoms with E-state index in [9.17, 15) is 31.9 Å². The molecule has 2 aromatic rings. The predicted molar refractivity (Wildman–Crippen MR) is 99.6 cm³/mol. The SMILES string of the molecule is C.Cc1cc(C(=O)NC[C@@H]2CC(O)CN2)nc2c(C(F)(F)F)cc(OC(F)F)cc12. The van der Waals surface area contributed by atoms with Crippen molar-refractivity contribution >= 4 is 16.8 Å². The first-order valence-electron chi connectivity index (χ1n) is 8.71. The van der Waals surface area contributed by atoms with E-state index in [1.54, 1.807) is 0 Å². The number of nitrogens with zero attached hydrogens (tertiary/aromatic N) is 1. The van der Waals surface area contributed by atoms with Crippen LogP contribution in [0, 0.1) is 6.92 Å². The van der Waals surface area contributed by atoms with Gasteiger partial charge in [-0.05, 0) is 37.1 Å². The molecule has 2 heterocycles. The lowest BCUT2D eigenvalue weighted by atomic mass is 10.0. The van der Waals surface area contributed by atoms with Gasteiger partial charge in [0.05, 0.1) is 17.2 Å². The minimum atomic E-state index is -4.89. The number of halogens is 5. The van der Waals surface area contributed by atoms with Gasteiger partial charge < -0.3 is 20.5 Å². The van der Waals surface area contributed by atoms with Crippen molar-refractivity contribution in [1.29, 1.82) is 0 Å². The van der Waals surface area contributed by atoms with Gasteiger partial charge in [0.15, 0.2) is 0 Å². The molecule has 1 aromatic carbocycles. The minimum Gasteiger partial charge on any atom is -0.435 e. The Bertz CT molecular complexity index is 920. The van der Waals surface area contributed by atoms with Crippen LogP contribution in [0.4, 0.5) is 22.0 Å². The lowest BCUT2D eigenvalue weighted by Gasteiger charge is -2.16. The van der Waals surface area contributed by atoms with Crippen LogP contribution in [0.2, 0.25) is 0 Å². The molecule has 166 valence electrons. The van der Waals surface area contributed by atoms with Crippen molar-refractivity contribution in [2.45, 2.75) is 45.7 Å². The number of hydrogen-bond acceptors (Lipinski definition) is 5. The summed E-state index contributed by atoms with van der Waals surface area (Å²) in [5.74, 6) is -1.33. The van der Waals surface area contributed by atoms with Crippen LogP contribution >= 0.6 is 0 Å². The van der Waals surface area contributed by atoms with Crippen LogP contribution in [0.5, 0.6) is 5.75 Å². The molecule has 1 fully saturated rings. The standard InChI is InChI=1S/C18H18F5N3O3.CH4/c1-8-2-14(16(28)25-6-9-3-10(27)7-24-9)26-15-12(8)4-11(29-17(19)20)5-13(15)18(21,22)23;/h2,4-5,9-10,17,24,27H,3,6-7H2,1H3,(H,25,28);1H4/t9-,10?;/m0./s1. The monoisotopic (exact) mass is 435 g/mol. The highest BCUT2D eigenvalue weighted by Gasteiger charge is 2.35. The van der Waals surface area contributed by atoms with E-state index in [2.05, 4.69) is 20.4 Å². The smallest absolute Gasteiger partial charge is 0.418 e. The number of ether oxygens (including phenoxy) is 1. The number of fused-ring (bicyclic) bond motifs is 1. The summed E-state index contributed by atoms with van der Waals surface area (Å²) in [5, 5.41) is 15.0. The van der Waals surface area contributed by atoms with E-state index < -0.39 is 41.6 Å². The zero-order valence-corrected chi connectivity index (χ0v) is 15.2. The number of pyridine rings is 1. The maximum atomic E-state index is 13.5. The van der Waals surface area contributed by atoms with Crippen molar-refractivity contribution < 1.29 is 36.6 Å². The number of rotatable bonds is 5. The second kappa shape index (κ2) is 9.09. The molecule has 0 radical (unpaired) electrons. The number of aliphatic hydroxyl groups is 1. The van der Waals surface area contributed by atoms with Gasteiger partial charge in [0.1, 0.15) is 11.4 Å². The Balaban J connectivity index is 0.00000320. The molecule has 0 bridgehead atoms. The Labute approximate surface area is 169 Å². The summed E-state index contributed by atoms with van der Waals surface area (Å²) in [4.78, 5) is 16.2. The Hall–Kier alpha value is -2.53. The molecule has 0 saturated carbocycles. The fourth-order valence-corrected chi connectivity index (χ4v) is 3.23. The van der Waals surface area contributed by atoms with Gasteiger partial charge in [-0.1, -0.05) is 7.43 Å². The number of aryl methyl sites for hydroxylation is 1. The average molecular weight is 435 g/mol. The first kappa shape index (κ1) is 23.7. The van der Waals surface area contributed by atoms with E-state index in [4.69, 9.17) is 0 Å². The zero-order valence-electron chi connectivity index (χ0n) is 15.2. The molecule has 0 spiro atoms. The number of amides is 1. The summed E-state index contributed by atoms with van der Waals surface area (Å²) in [7, 11) is 0. The summed E-state index contributed by atoms with van der Waals surface area (Å²) >= 11 is 0. The number of nitrogens with one attached hydrogen (secondary N) is 2. The van der Waals surface area contributed by atoms with Crippen LogP contribution in [-0.4, -0.2) is 47.8 Å². The highest BCUT2D eigenvalue weighted by atomic mass is 19.4. The molecule has 1 aliphatic rings. The summed E-state index contributed by atoms with van der Waals surface area (Å²) in [6.45, 7) is -1.27. The highest BCUT2D eigenvalue weighted by Crippen LogP contribution is 2.38. The van der Waals surface area contributed by atoms with Gasteiger partial charge in [-0.15, -0.1) is 0 Å². The molecule has 1 amide bonds. The molecule has 1 saturated heterocycles. The molecule has 3 N–H and O–H groups in total. The highest BCUT2D eigenvalue weighted by molar-refractivity contribution is 5.97. The quantitative estimate of drug-likeness (QED) is 0.628. The average Bonchev–Trinajstić information content (AvgIpc) is 3.03. The normalized spacial score (nSPS) is 19.1. The first-order valence-corrected chi connectivity index (χ1v) is 8.71. The number of aliphatic hydroxyl groups excluding tert-OH is 1. The summed E-state index contributed by atoms with van der Waals surface area (Å²) < 4.78 is 69.5. The number of alkyl halides is 5. The fourth-order valence-electron chi connectivity index (χ4n) is 3.23. The van der Waals surface area contributed by atoms with Crippen LogP contribution < -0.4 is 15.4 Å².